The molecule has 0 saturated carbocycles. The average Bonchev–Trinajstić information content (AvgIpc) is 2.54. The summed E-state index contributed by atoms with van der Waals surface area (Å²) in [5.74, 6) is 0.202. The largest absolute Gasteiger partial charge is 0.330 e. The van der Waals surface area contributed by atoms with Crippen molar-refractivity contribution in [3.05, 3.63) is 22.4 Å². The van der Waals surface area contributed by atoms with Gasteiger partial charge in [-0.1, -0.05) is 19.9 Å². The van der Waals surface area contributed by atoms with Gasteiger partial charge in [0.2, 0.25) is 0 Å². The molecule has 0 bridgehead atoms. The van der Waals surface area contributed by atoms with Crippen LogP contribution in [0.2, 0.25) is 0 Å². The lowest BCUT2D eigenvalue weighted by Crippen LogP contribution is -2.26. The zero-order valence-corrected chi connectivity index (χ0v) is 8.86. The van der Waals surface area contributed by atoms with Crippen molar-refractivity contribution in [2.24, 2.45) is 11.1 Å². The van der Waals surface area contributed by atoms with Gasteiger partial charge in [0.15, 0.2) is 5.78 Å². The van der Waals surface area contributed by atoms with Gasteiger partial charge < -0.3 is 5.73 Å². The first-order valence-corrected chi connectivity index (χ1v) is 5.24. The molecular formula is C10H15NOS. The molecule has 0 aliphatic heterocycles. The van der Waals surface area contributed by atoms with Gasteiger partial charge in [0.1, 0.15) is 0 Å². The molecule has 0 fully saturated rings. The van der Waals surface area contributed by atoms with Gasteiger partial charge in [-0.15, -0.1) is 11.3 Å². The van der Waals surface area contributed by atoms with Crippen LogP contribution >= 0.6 is 11.3 Å². The third-order valence-corrected chi connectivity index (χ3v) is 3.00. The maximum absolute atomic E-state index is 11.9. The van der Waals surface area contributed by atoms with Crippen LogP contribution in [0.15, 0.2) is 17.5 Å². The summed E-state index contributed by atoms with van der Waals surface area (Å²) in [5, 5.41) is 1.92. The molecule has 0 spiro atoms. The van der Waals surface area contributed by atoms with Crippen molar-refractivity contribution >= 4 is 17.1 Å². The topological polar surface area (TPSA) is 43.1 Å². The molecule has 1 aromatic heterocycles. The summed E-state index contributed by atoms with van der Waals surface area (Å²) >= 11 is 1.49. The lowest BCUT2D eigenvalue weighted by molar-refractivity contribution is 0.0834. The highest BCUT2D eigenvalue weighted by atomic mass is 32.1. The van der Waals surface area contributed by atoms with E-state index in [9.17, 15) is 4.79 Å². The van der Waals surface area contributed by atoms with Gasteiger partial charge in [-0.05, 0) is 24.4 Å². The molecular weight excluding hydrogens is 182 g/mol. The number of nitrogens with two attached hydrogens (primary N) is 1. The van der Waals surface area contributed by atoms with Crippen LogP contribution in [0.3, 0.4) is 0 Å². The quantitative estimate of drug-likeness (QED) is 0.753. The molecule has 72 valence electrons. The first kappa shape index (κ1) is 10.4. The van der Waals surface area contributed by atoms with Crippen molar-refractivity contribution < 1.29 is 4.79 Å². The fraction of sp³-hybridized carbons (Fsp3) is 0.500. The van der Waals surface area contributed by atoms with E-state index in [1.54, 1.807) is 0 Å². The Bertz CT molecular complexity index is 277. The summed E-state index contributed by atoms with van der Waals surface area (Å²) in [6.07, 6.45) is 0.740. The number of hydrogen-bond acceptors (Lipinski definition) is 3. The van der Waals surface area contributed by atoms with Crippen molar-refractivity contribution in [1.82, 2.24) is 0 Å². The van der Waals surface area contributed by atoms with Crippen LogP contribution in [0, 0.1) is 5.41 Å². The van der Waals surface area contributed by atoms with E-state index in [2.05, 4.69) is 0 Å². The predicted octanol–water partition coefficient (Wildman–Crippen LogP) is 2.31. The predicted molar refractivity (Wildman–Crippen MR) is 56.1 cm³/mol. The van der Waals surface area contributed by atoms with Crippen LogP contribution in [0.4, 0.5) is 0 Å². The van der Waals surface area contributed by atoms with Crippen LogP contribution in [0.25, 0.3) is 0 Å². The van der Waals surface area contributed by atoms with Crippen LogP contribution in [0.1, 0.15) is 29.9 Å². The molecule has 0 aliphatic carbocycles. The Labute approximate surface area is 82.8 Å². The van der Waals surface area contributed by atoms with Crippen molar-refractivity contribution in [3.8, 4) is 0 Å². The first-order valence-electron chi connectivity index (χ1n) is 4.36. The molecule has 13 heavy (non-hydrogen) atoms. The number of Topliss-reactive ketones (excluding diaryl/α,β-unsaturated/α-hetero) is 1. The van der Waals surface area contributed by atoms with Crippen molar-refractivity contribution in [1.29, 1.82) is 0 Å². The number of carbonyl (C=O) groups is 1. The van der Waals surface area contributed by atoms with Gasteiger partial charge in [-0.3, -0.25) is 4.79 Å². The highest BCUT2D eigenvalue weighted by Crippen LogP contribution is 2.27. The Morgan fingerprint density at radius 1 is 1.62 bits per heavy atom. The Morgan fingerprint density at radius 2 is 2.31 bits per heavy atom. The second-order valence-corrected chi connectivity index (χ2v) is 4.68. The Hall–Kier alpha value is -0.670. The normalized spacial score (nSPS) is 11.6. The minimum Gasteiger partial charge on any atom is -0.330 e. The van der Waals surface area contributed by atoms with Crippen molar-refractivity contribution in [2.75, 3.05) is 6.54 Å². The highest BCUT2D eigenvalue weighted by molar-refractivity contribution is 7.12. The van der Waals surface area contributed by atoms with Gasteiger partial charge >= 0.3 is 0 Å². The second kappa shape index (κ2) is 4.03. The first-order chi connectivity index (χ1) is 6.08. The van der Waals surface area contributed by atoms with Crippen LogP contribution in [-0.4, -0.2) is 12.3 Å². The van der Waals surface area contributed by atoms with Crippen LogP contribution < -0.4 is 5.73 Å². The SMILES string of the molecule is CC(C)(CCN)C(=O)c1cccs1. The third-order valence-electron chi connectivity index (χ3n) is 2.13. The molecule has 0 radical (unpaired) electrons. The van der Waals surface area contributed by atoms with E-state index < -0.39 is 0 Å². The van der Waals surface area contributed by atoms with Gasteiger partial charge in [0, 0.05) is 5.41 Å². The van der Waals surface area contributed by atoms with Crippen LogP contribution in [0.5, 0.6) is 0 Å². The Balaban J connectivity index is 2.78. The van der Waals surface area contributed by atoms with Crippen LogP contribution in [-0.2, 0) is 0 Å². The number of rotatable bonds is 4. The molecule has 1 heterocycles. The van der Waals surface area contributed by atoms with E-state index in [4.69, 9.17) is 5.73 Å². The summed E-state index contributed by atoms with van der Waals surface area (Å²) in [4.78, 5) is 12.7. The maximum atomic E-state index is 11.9. The monoisotopic (exact) mass is 197 g/mol. The minimum atomic E-state index is -0.320. The summed E-state index contributed by atoms with van der Waals surface area (Å²) in [6.45, 7) is 4.45. The lowest BCUT2D eigenvalue weighted by Gasteiger charge is -2.20. The molecule has 0 aliphatic rings. The zero-order valence-electron chi connectivity index (χ0n) is 8.04. The van der Waals surface area contributed by atoms with E-state index in [-0.39, 0.29) is 11.2 Å². The molecule has 0 saturated heterocycles. The fourth-order valence-corrected chi connectivity index (χ4v) is 2.06. The van der Waals surface area contributed by atoms with Crippen molar-refractivity contribution in [2.45, 2.75) is 20.3 Å². The van der Waals surface area contributed by atoms with Gasteiger partial charge in [-0.25, -0.2) is 0 Å². The van der Waals surface area contributed by atoms with E-state index in [0.717, 1.165) is 11.3 Å². The number of carbonyl (C=O) groups excluding carboxylic acids is 1. The smallest absolute Gasteiger partial charge is 0.178 e. The summed E-state index contributed by atoms with van der Waals surface area (Å²) in [5.41, 5.74) is 5.14. The number of thiophene rings is 1. The van der Waals surface area contributed by atoms with E-state index in [1.807, 2.05) is 31.4 Å². The number of hydrogen-bond donors (Lipinski definition) is 1. The molecule has 0 atom stereocenters. The van der Waals surface area contributed by atoms with Gasteiger partial charge in [0.25, 0.3) is 0 Å². The molecule has 3 heteroatoms. The Morgan fingerprint density at radius 3 is 2.77 bits per heavy atom. The van der Waals surface area contributed by atoms with Gasteiger partial charge in [-0.2, -0.15) is 0 Å². The summed E-state index contributed by atoms with van der Waals surface area (Å²) in [6, 6.07) is 3.77. The molecule has 0 aromatic carbocycles. The second-order valence-electron chi connectivity index (χ2n) is 3.73. The third kappa shape index (κ3) is 2.39. The molecule has 2 nitrogen and oxygen atoms in total. The molecule has 1 rings (SSSR count). The van der Waals surface area contributed by atoms with Crippen molar-refractivity contribution in [3.63, 3.8) is 0 Å². The van der Waals surface area contributed by atoms with E-state index >= 15 is 0 Å². The standard InChI is InChI=1S/C10H15NOS/c1-10(2,5-6-11)9(12)8-4-3-7-13-8/h3-4,7H,5-6,11H2,1-2H3. The minimum absolute atomic E-state index is 0.202. The molecule has 0 unspecified atom stereocenters. The lowest BCUT2D eigenvalue weighted by atomic mass is 9.84. The summed E-state index contributed by atoms with van der Waals surface area (Å²) < 4.78 is 0. The van der Waals surface area contributed by atoms with E-state index in [1.165, 1.54) is 11.3 Å². The van der Waals surface area contributed by atoms with Gasteiger partial charge in [0.05, 0.1) is 4.88 Å². The zero-order chi connectivity index (χ0) is 9.90. The highest BCUT2D eigenvalue weighted by Gasteiger charge is 2.28. The average molecular weight is 197 g/mol. The maximum Gasteiger partial charge on any atom is 0.178 e. The number of ketones is 1. The molecule has 0 amide bonds. The fourth-order valence-electron chi connectivity index (χ4n) is 1.22. The van der Waals surface area contributed by atoms with E-state index in [0.29, 0.717) is 6.54 Å². The Kier molecular flexibility index (Phi) is 3.22. The molecule has 2 N–H and O–H groups in total. The molecule has 1 aromatic rings. The summed E-state index contributed by atoms with van der Waals surface area (Å²) in [7, 11) is 0.